The Balaban J connectivity index is 1.62. The Morgan fingerprint density at radius 3 is 2.83 bits per heavy atom. The first-order valence-corrected chi connectivity index (χ1v) is 9.79. The summed E-state index contributed by atoms with van der Waals surface area (Å²) in [6.45, 7) is 1.86. The third-order valence-electron chi connectivity index (χ3n) is 4.60. The molecule has 0 bridgehead atoms. The molecular formula is C19H13ClN6O2S. The molecule has 0 radical (unpaired) electrons. The highest BCUT2D eigenvalue weighted by molar-refractivity contribution is 7.20. The average Bonchev–Trinajstić information content (AvgIpc) is 3.44. The van der Waals surface area contributed by atoms with Gasteiger partial charge in [0, 0.05) is 10.6 Å². The first-order valence-electron chi connectivity index (χ1n) is 8.59. The summed E-state index contributed by atoms with van der Waals surface area (Å²) >= 11 is 7.23. The van der Waals surface area contributed by atoms with Gasteiger partial charge in [-0.1, -0.05) is 23.7 Å². The second-order valence-corrected chi connectivity index (χ2v) is 7.79. The number of H-pyrrole nitrogens is 1. The van der Waals surface area contributed by atoms with Crippen molar-refractivity contribution in [3.05, 3.63) is 52.1 Å². The number of aromatic amines is 1. The van der Waals surface area contributed by atoms with E-state index in [1.807, 2.05) is 37.3 Å². The minimum absolute atomic E-state index is 0.385. The topological polar surface area (TPSA) is 98.1 Å². The maximum atomic E-state index is 12.0. The highest BCUT2D eigenvalue weighted by Gasteiger charge is 2.21. The van der Waals surface area contributed by atoms with E-state index >= 15 is 0 Å². The zero-order chi connectivity index (χ0) is 20.1. The Kier molecular flexibility index (Phi) is 4.07. The second kappa shape index (κ2) is 6.64. The lowest BCUT2D eigenvalue weighted by molar-refractivity contribution is 0.0605. The van der Waals surface area contributed by atoms with E-state index in [9.17, 15) is 4.79 Å². The van der Waals surface area contributed by atoms with E-state index in [0.29, 0.717) is 31.9 Å². The minimum atomic E-state index is -0.385. The van der Waals surface area contributed by atoms with Gasteiger partial charge in [-0.05, 0) is 30.7 Å². The van der Waals surface area contributed by atoms with Gasteiger partial charge in [0.15, 0.2) is 11.5 Å². The van der Waals surface area contributed by atoms with Crippen LogP contribution in [0.15, 0.2) is 36.7 Å². The van der Waals surface area contributed by atoms with Crippen LogP contribution in [-0.4, -0.2) is 42.9 Å². The number of thiophene rings is 1. The molecule has 4 heterocycles. The summed E-state index contributed by atoms with van der Waals surface area (Å²) in [4.78, 5) is 22.3. The van der Waals surface area contributed by atoms with Crippen molar-refractivity contribution < 1.29 is 9.53 Å². The van der Waals surface area contributed by atoms with E-state index < -0.39 is 0 Å². The lowest BCUT2D eigenvalue weighted by Crippen LogP contribution is -1.99. The van der Waals surface area contributed by atoms with Crippen molar-refractivity contribution in [3.8, 4) is 22.8 Å². The fourth-order valence-corrected chi connectivity index (χ4v) is 4.33. The van der Waals surface area contributed by atoms with Gasteiger partial charge in [0.1, 0.15) is 21.7 Å². The summed E-state index contributed by atoms with van der Waals surface area (Å²) in [5.74, 6) is 0.0989. The number of methoxy groups -OCH3 is 1. The fraction of sp³-hybridized carbons (Fsp3) is 0.105. The van der Waals surface area contributed by atoms with Crippen molar-refractivity contribution in [2.75, 3.05) is 7.11 Å². The van der Waals surface area contributed by atoms with Crippen LogP contribution in [0.5, 0.6) is 0 Å². The number of benzene rings is 1. The Labute approximate surface area is 173 Å². The van der Waals surface area contributed by atoms with Crippen molar-refractivity contribution in [3.63, 3.8) is 0 Å². The molecule has 1 N–H and O–H groups in total. The van der Waals surface area contributed by atoms with E-state index in [0.717, 1.165) is 22.2 Å². The van der Waals surface area contributed by atoms with Crippen LogP contribution in [0.1, 0.15) is 15.2 Å². The number of rotatable bonds is 3. The monoisotopic (exact) mass is 424 g/mol. The number of aryl methyl sites for hydroxylation is 1. The highest BCUT2D eigenvalue weighted by Crippen LogP contribution is 2.33. The van der Waals surface area contributed by atoms with E-state index in [1.165, 1.54) is 18.4 Å². The SMILES string of the molecule is COC(=O)c1sc2ncn3nc(-c4cc(-c5ccc(Cl)cc5)n[nH]4)nc3c2c1C. The number of aromatic nitrogens is 6. The molecular weight excluding hydrogens is 412 g/mol. The molecule has 5 aromatic rings. The molecule has 144 valence electrons. The summed E-state index contributed by atoms with van der Waals surface area (Å²) in [5.41, 5.74) is 3.77. The first kappa shape index (κ1) is 17.8. The quantitative estimate of drug-likeness (QED) is 0.437. The summed E-state index contributed by atoms with van der Waals surface area (Å²) in [6.07, 6.45) is 1.58. The van der Waals surface area contributed by atoms with Crippen LogP contribution in [0.25, 0.3) is 38.6 Å². The molecule has 0 saturated carbocycles. The molecule has 4 aromatic heterocycles. The molecule has 0 amide bonds. The lowest BCUT2D eigenvalue weighted by atomic mass is 10.1. The van der Waals surface area contributed by atoms with Gasteiger partial charge in [-0.15, -0.1) is 16.4 Å². The van der Waals surface area contributed by atoms with Crippen molar-refractivity contribution in [2.24, 2.45) is 0 Å². The smallest absolute Gasteiger partial charge is 0.348 e. The number of carbonyl (C=O) groups excluding carboxylic acids is 1. The first-order chi connectivity index (χ1) is 14.0. The number of nitrogens with one attached hydrogen (secondary N) is 1. The van der Waals surface area contributed by atoms with Gasteiger partial charge in [0.25, 0.3) is 0 Å². The van der Waals surface area contributed by atoms with Gasteiger partial charge < -0.3 is 4.74 Å². The molecule has 0 spiro atoms. The third kappa shape index (κ3) is 2.86. The number of halogens is 1. The van der Waals surface area contributed by atoms with Crippen LogP contribution in [0.3, 0.4) is 0 Å². The van der Waals surface area contributed by atoms with Crippen molar-refractivity contribution >= 4 is 44.8 Å². The average molecular weight is 425 g/mol. The minimum Gasteiger partial charge on any atom is -0.465 e. The predicted molar refractivity (Wildman–Crippen MR) is 110 cm³/mol. The van der Waals surface area contributed by atoms with Gasteiger partial charge in [0.2, 0.25) is 0 Å². The van der Waals surface area contributed by atoms with Crippen molar-refractivity contribution in [1.29, 1.82) is 0 Å². The summed E-state index contributed by atoms with van der Waals surface area (Å²) < 4.78 is 6.46. The van der Waals surface area contributed by atoms with E-state index in [-0.39, 0.29) is 5.97 Å². The van der Waals surface area contributed by atoms with Gasteiger partial charge in [-0.3, -0.25) is 5.10 Å². The maximum Gasteiger partial charge on any atom is 0.348 e. The molecule has 5 rings (SSSR count). The predicted octanol–water partition coefficient (Wildman–Crippen LogP) is 4.14. The Hall–Kier alpha value is -3.30. The zero-order valence-electron chi connectivity index (χ0n) is 15.3. The largest absolute Gasteiger partial charge is 0.465 e. The molecule has 1 aromatic carbocycles. The number of esters is 1. The molecule has 0 aliphatic heterocycles. The molecule has 0 unspecified atom stereocenters. The van der Waals surface area contributed by atoms with Gasteiger partial charge >= 0.3 is 5.97 Å². The van der Waals surface area contributed by atoms with E-state index in [2.05, 4.69) is 25.3 Å². The van der Waals surface area contributed by atoms with Crippen molar-refractivity contribution in [1.82, 2.24) is 29.8 Å². The standard InChI is InChI=1S/C19H13ClN6O2S/c1-9-14-17-22-16(13-7-12(23-24-13)10-3-5-11(20)6-4-10)25-26(17)8-21-18(14)29-15(9)19(27)28-2/h3-8H,1-2H3,(H,23,24). The number of ether oxygens (including phenoxy) is 1. The second-order valence-electron chi connectivity index (χ2n) is 6.35. The molecule has 0 saturated heterocycles. The van der Waals surface area contributed by atoms with E-state index in [1.54, 1.807) is 10.8 Å². The molecule has 0 atom stereocenters. The van der Waals surface area contributed by atoms with Crippen LogP contribution < -0.4 is 0 Å². The van der Waals surface area contributed by atoms with Gasteiger partial charge in [-0.25, -0.2) is 19.3 Å². The number of nitrogens with zero attached hydrogens (tertiary/aromatic N) is 5. The summed E-state index contributed by atoms with van der Waals surface area (Å²) in [7, 11) is 1.36. The number of fused-ring (bicyclic) bond motifs is 3. The van der Waals surface area contributed by atoms with Crippen LogP contribution >= 0.6 is 22.9 Å². The van der Waals surface area contributed by atoms with Crippen molar-refractivity contribution in [2.45, 2.75) is 6.92 Å². The van der Waals surface area contributed by atoms with Crippen LogP contribution in [-0.2, 0) is 4.74 Å². The third-order valence-corrected chi connectivity index (χ3v) is 6.03. The van der Waals surface area contributed by atoms with Gasteiger partial charge in [-0.2, -0.15) is 5.10 Å². The molecule has 0 aliphatic carbocycles. The van der Waals surface area contributed by atoms with Crippen LogP contribution in [0.2, 0.25) is 5.02 Å². The summed E-state index contributed by atoms with van der Waals surface area (Å²) in [5, 5.41) is 13.3. The number of hydrogen-bond donors (Lipinski definition) is 1. The summed E-state index contributed by atoms with van der Waals surface area (Å²) in [6, 6.07) is 9.30. The Morgan fingerprint density at radius 2 is 2.07 bits per heavy atom. The van der Waals surface area contributed by atoms with Gasteiger partial charge in [0.05, 0.1) is 18.2 Å². The maximum absolute atomic E-state index is 12.0. The van der Waals surface area contributed by atoms with Crippen LogP contribution in [0, 0.1) is 6.92 Å². The number of carbonyl (C=O) groups is 1. The molecule has 0 aliphatic rings. The zero-order valence-corrected chi connectivity index (χ0v) is 16.9. The molecule has 29 heavy (non-hydrogen) atoms. The molecule has 10 heteroatoms. The molecule has 8 nitrogen and oxygen atoms in total. The number of hydrogen-bond acceptors (Lipinski definition) is 7. The Morgan fingerprint density at radius 1 is 1.28 bits per heavy atom. The van der Waals surface area contributed by atoms with E-state index in [4.69, 9.17) is 16.3 Å². The van der Waals surface area contributed by atoms with Crippen LogP contribution in [0.4, 0.5) is 0 Å². The highest BCUT2D eigenvalue weighted by atomic mass is 35.5. The Bertz CT molecular complexity index is 1390. The molecule has 0 fully saturated rings. The lowest BCUT2D eigenvalue weighted by Gasteiger charge is -1.96. The fourth-order valence-electron chi connectivity index (χ4n) is 3.14. The normalized spacial score (nSPS) is 11.4.